The van der Waals surface area contributed by atoms with Gasteiger partial charge in [0.2, 0.25) is 0 Å². The summed E-state index contributed by atoms with van der Waals surface area (Å²) in [5.74, 6) is 0.576. The molecule has 0 aliphatic rings. The van der Waals surface area contributed by atoms with E-state index < -0.39 is 0 Å². The minimum Gasteiger partial charge on any atom is -0.426 e. The highest BCUT2D eigenvalue weighted by atomic mass is 16.5. The lowest BCUT2D eigenvalue weighted by Gasteiger charge is -2.29. The van der Waals surface area contributed by atoms with E-state index in [0.29, 0.717) is 6.42 Å². The van der Waals surface area contributed by atoms with Crippen molar-refractivity contribution in [1.82, 2.24) is 0 Å². The molecule has 0 radical (unpaired) electrons. The van der Waals surface area contributed by atoms with E-state index in [0.717, 1.165) is 16.9 Å². The first-order valence-electron chi connectivity index (χ1n) is 7.33. The molecule has 0 saturated heterocycles. The normalized spacial score (nSPS) is 12.4. The molecule has 112 valence electrons. The second kappa shape index (κ2) is 5.59. The third-order valence-electron chi connectivity index (χ3n) is 3.35. The van der Waals surface area contributed by atoms with Crippen molar-refractivity contribution >= 4 is 5.97 Å². The lowest BCUT2D eigenvalue weighted by Crippen LogP contribution is -2.22. The number of aryl methyl sites for hydroxylation is 1. The van der Waals surface area contributed by atoms with Crippen LogP contribution >= 0.6 is 0 Å². The molecule has 0 spiro atoms. The van der Waals surface area contributed by atoms with E-state index in [4.69, 9.17) is 4.74 Å². The van der Waals surface area contributed by atoms with Crippen LogP contribution < -0.4 is 4.74 Å². The molecule has 0 saturated carbocycles. The van der Waals surface area contributed by atoms with Gasteiger partial charge in [-0.25, -0.2) is 0 Å². The molecule has 1 aromatic carbocycles. The van der Waals surface area contributed by atoms with Crippen LogP contribution in [0.25, 0.3) is 0 Å². The summed E-state index contributed by atoms with van der Waals surface area (Å²) in [6, 6.07) is 4.26. The van der Waals surface area contributed by atoms with E-state index in [1.807, 2.05) is 6.92 Å². The maximum absolute atomic E-state index is 11.8. The van der Waals surface area contributed by atoms with Crippen molar-refractivity contribution in [2.75, 3.05) is 0 Å². The molecule has 2 heteroatoms. The molecule has 0 amide bonds. The molecule has 2 nitrogen and oxygen atoms in total. The molecule has 0 bridgehead atoms. The predicted octanol–water partition coefficient (Wildman–Crippen LogP) is 4.91. The van der Waals surface area contributed by atoms with E-state index in [9.17, 15) is 4.79 Å². The van der Waals surface area contributed by atoms with Crippen molar-refractivity contribution < 1.29 is 9.53 Å². The van der Waals surface area contributed by atoms with Gasteiger partial charge in [0.05, 0.1) is 0 Å². The number of carbonyl (C=O) groups excluding carboxylic acids is 1. The Bertz CT molecular complexity index is 464. The molecule has 0 aliphatic carbocycles. The standard InChI is InChI=1S/C18H28O2/c1-9-15(19)20-16-13(17(3,4)5)10-12(2)11-14(16)18(6,7)8/h10-11H,9H2,1-8H3. The topological polar surface area (TPSA) is 26.3 Å². The van der Waals surface area contributed by atoms with Crippen molar-refractivity contribution in [3.63, 3.8) is 0 Å². The molecule has 1 rings (SSSR count). The van der Waals surface area contributed by atoms with Crippen LogP contribution in [0.4, 0.5) is 0 Å². The molecule has 0 aromatic heterocycles. The highest BCUT2D eigenvalue weighted by Gasteiger charge is 2.28. The second-order valence-electron chi connectivity index (χ2n) is 7.52. The molecule has 0 heterocycles. The fourth-order valence-corrected chi connectivity index (χ4v) is 2.18. The first-order valence-corrected chi connectivity index (χ1v) is 7.33. The summed E-state index contributed by atoms with van der Waals surface area (Å²) in [5.41, 5.74) is 3.29. The van der Waals surface area contributed by atoms with Gasteiger partial charge in [-0.15, -0.1) is 0 Å². The van der Waals surface area contributed by atoms with Crippen LogP contribution in [0.5, 0.6) is 5.75 Å². The lowest BCUT2D eigenvalue weighted by atomic mass is 9.78. The van der Waals surface area contributed by atoms with Gasteiger partial charge in [-0.05, 0) is 17.8 Å². The molecule has 0 atom stereocenters. The molecular formula is C18H28O2. The van der Waals surface area contributed by atoms with Crippen LogP contribution in [-0.4, -0.2) is 5.97 Å². The molecule has 1 aromatic rings. The molecule has 0 aliphatic heterocycles. The van der Waals surface area contributed by atoms with Crippen molar-refractivity contribution in [3.8, 4) is 5.75 Å². The minimum absolute atomic E-state index is 0.0601. The van der Waals surface area contributed by atoms with Gasteiger partial charge in [0.25, 0.3) is 0 Å². The Hall–Kier alpha value is -1.31. The van der Waals surface area contributed by atoms with Gasteiger partial charge in [-0.2, -0.15) is 0 Å². The Morgan fingerprint density at radius 3 is 1.70 bits per heavy atom. The molecule has 0 fully saturated rings. The predicted molar refractivity (Wildman–Crippen MR) is 84.5 cm³/mol. The lowest BCUT2D eigenvalue weighted by molar-refractivity contribution is -0.134. The molecular weight excluding hydrogens is 248 g/mol. The zero-order chi connectivity index (χ0) is 15.7. The fourth-order valence-electron chi connectivity index (χ4n) is 2.18. The molecule has 0 unspecified atom stereocenters. The highest BCUT2D eigenvalue weighted by molar-refractivity contribution is 5.73. The van der Waals surface area contributed by atoms with E-state index in [1.54, 1.807) is 0 Å². The van der Waals surface area contributed by atoms with Gasteiger partial charge >= 0.3 is 5.97 Å². The minimum atomic E-state index is -0.176. The van der Waals surface area contributed by atoms with Crippen LogP contribution in [0.2, 0.25) is 0 Å². The summed E-state index contributed by atoms with van der Waals surface area (Å²) in [6.45, 7) is 16.8. The zero-order valence-electron chi connectivity index (χ0n) is 14.2. The fraction of sp³-hybridized carbons (Fsp3) is 0.611. The Morgan fingerprint density at radius 2 is 1.40 bits per heavy atom. The number of ether oxygens (including phenoxy) is 1. The Balaban J connectivity index is 3.58. The highest BCUT2D eigenvalue weighted by Crippen LogP contribution is 2.40. The van der Waals surface area contributed by atoms with Crippen molar-refractivity contribution in [3.05, 3.63) is 28.8 Å². The summed E-state index contributed by atoms with van der Waals surface area (Å²) in [4.78, 5) is 11.8. The van der Waals surface area contributed by atoms with E-state index >= 15 is 0 Å². The summed E-state index contributed by atoms with van der Waals surface area (Å²) in [5, 5.41) is 0. The number of carbonyl (C=O) groups is 1. The Morgan fingerprint density at radius 1 is 1.00 bits per heavy atom. The largest absolute Gasteiger partial charge is 0.426 e. The average molecular weight is 276 g/mol. The summed E-state index contributed by atoms with van der Waals surface area (Å²) in [6.07, 6.45) is 0.390. The monoisotopic (exact) mass is 276 g/mol. The third kappa shape index (κ3) is 3.84. The number of benzene rings is 1. The van der Waals surface area contributed by atoms with Gasteiger partial charge in [0, 0.05) is 17.5 Å². The van der Waals surface area contributed by atoms with Crippen molar-refractivity contribution in [2.45, 2.75) is 72.6 Å². The number of hydrogen-bond donors (Lipinski definition) is 0. The zero-order valence-corrected chi connectivity index (χ0v) is 14.2. The Kier molecular flexibility index (Phi) is 4.68. The molecule has 0 N–H and O–H groups in total. The Labute approximate surface area is 123 Å². The summed E-state index contributed by atoms with van der Waals surface area (Å²) in [7, 11) is 0. The first kappa shape index (κ1) is 16.7. The van der Waals surface area contributed by atoms with Crippen LogP contribution in [-0.2, 0) is 15.6 Å². The first-order chi connectivity index (χ1) is 8.96. The van der Waals surface area contributed by atoms with Gasteiger partial charge in [0.1, 0.15) is 5.75 Å². The second-order valence-corrected chi connectivity index (χ2v) is 7.52. The third-order valence-corrected chi connectivity index (χ3v) is 3.35. The quantitative estimate of drug-likeness (QED) is 0.567. The van der Waals surface area contributed by atoms with Gasteiger partial charge in [-0.1, -0.05) is 66.2 Å². The van der Waals surface area contributed by atoms with Crippen LogP contribution in [0, 0.1) is 6.92 Å². The smallest absolute Gasteiger partial charge is 0.310 e. The van der Waals surface area contributed by atoms with Gasteiger partial charge in [-0.3, -0.25) is 4.79 Å². The molecule has 20 heavy (non-hydrogen) atoms. The van der Waals surface area contributed by atoms with Gasteiger partial charge in [0.15, 0.2) is 0 Å². The van der Waals surface area contributed by atoms with Gasteiger partial charge < -0.3 is 4.74 Å². The van der Waals surface area contributed by atoms with Crippen molar-refractivity contribution in [2.24, 2.45) is 0 Å². The summed E-state index contributed by atoms with van der Waals surface area (Å²) >= 11 is 0. The maximum Gasteiger partial charge on any atom is 0.310 e. The van der Waals surface area contributed by atoms with E-state index in [2.05, 4.69) is 60.6 Å². The van der Waals surface area contributed by atoms with E-state index in [-0.39, 0.29) is 16.8 Å². The number of hydrogen-bond acceptors (Lipinski definition) is 2. The van der Waals surface area contributed by atoms with E-state index in [1.165, 1.54) is 5.56 Å². The number of rotatable bonds is 2. The van der Waals surface area contributed by atoms with Crippen LogP contribution in [0.15, 0.2) is 12.1 Å². The van der Waals surface area contributed by atoms with Crippen molar-refractivity contribution in [1.29, 1.82) is 0 Å². The SMILES string of the molecule is CCC(=O)Oc1c(C(C)(C)C)cc(C)cc1C(C)(C)C. The maximum atomic E-state index is 11.8. The average Bonchev–Trinajstić information content (AvgIpc) is 2.27. The van der Waals surface area contributed by atoms with Crippen LogP contribution in [0.1, 0.15) is 71.6 Å². The summed E-state index contributed by atoms with van der Waals surface area (Å²) < 4.78 is 5.69. The van der Waals surface area contributed by atoms with Crippen LogP contribution in [0.3, 0.4) is 0 Å². The number of esters is 1.